The van der Waals surface area contributed by atoms with E-state index in [9.17, 15) is 5.11 Å². The molecule has 0 radical (unpaired) electrons. The molecule has 2 saturated heterocycles. The lowest BCUT2D eigenvalue weighted by molar-refractivity contribution is 0.0315. The minimum absolute atomic E-state index is 0. The van der Waals surface area contributed by atoms with E-state index in [4.69, 9.17) is 14.5 Å². The van der Waals surface area contributed by atoms with Gasteiger partial charge in [0.15, 0.2) is 17.5 Å². The number of nitrogens with one attached hydrogen (secondary N) is 1. The second-order valence-electron chi connectivity index (χ2n) is 7.19. The molecule has 2 aliphatic heterocycles. The Hall–Kier alpha value is -1.26. The molecule has 8 heteroatoms. The van der Waals surface area contributed by atoms with Gasteiger partial charge in [-0.1, -0.05) is 6.07 Å². The summed E-state index contributed by atoms with van der Waals surface area (Å²) >= 11 is 0. The van der Waals surface area contributed by atoms with Gasteiger partial charge in [-0.2, -0.15) is 0 Å². The predicted octanol–water partition coefficient (Wildman–Crippen LogP) is 2.14. The van der Waals surface area contributed by atoms with Crippen LogP contribution in [0.15, 0.2) is 23.2 Å². The predicted molar refractivity (Wildman–Crippen MR) is 122 cm³/mol. The third-order valence-corrected chi connectivity index (χ3v) is 5.20. The summed E-state index contributed by atoms with van der Waals surface area (Å²) < 4.78 is 10.5. The number of aromatic hydroxyl groups is 1. The number of hydrogen-bond acceptors (Lipinski definition) is 5. The first kappa shape index (κ1) is 23.0. The van der Waals surface area contributed by atoms with Crippen molar-refractivity contribution in [2.24, 2.45) is 10.9 Å². The van der Waals surface area contributed by atoms with Crippen LogP contribution in [0.1, 0.15) is 18.9 Å². The third kappa shape index (κ3) is 6.38. The van der Waals surface area contributed by atoms with Gasteiger partial charge in [0.2, 0.25) is 0 Å². The molecule has 1 unspecified atom stereocenters. The Kier molecular flexibility index (Phi) is 9.60. The van der Waals surface area contributed by atoms with Crippen molar-refractivity contribution in [1.29, 1.82) is 0 Å². The van der Waals surface area contributed by atoms with Gasteiger partial charge in [-0.15, -0.1) is 24.0 Å². The molecule has 0 amide bonds. The van der Waals surface area contributed by atoms with Crippen LogP contribution in [-0.2, 0) is 11.3 Å². The average molecular weight is 504 g/mol. The zero-order valence-electron chi connectivity index (χ0n) is 16.9. The fourth-order valence-electron chi connectivity index (χ4n) is 3.75. The van der Waals surface area contributed by atoms with E-state index in [1.165, 1.54) is 6.42 Å². The topological polar surface area (TPSA) is 69.6 Å². The van der Waals surface area contributed by atoms with E-state index < -0.39 is 0 Å². The largest absolute Gasteiger partial charge is 0.504 e. The molecule has 0 bridgehead atoms. The number of methoxy groups -OCH3 is 1. The lowest BCUT2D eigenvalue weighted by Gasteiger charge is -2.29. The summed E-state index contributed by atoms with van der Waals surface area (Å²) in [4.78, 5) is 9.66. The van der Waals surface area contributed by atoms with Crippen molar-refractivity contribution >= 4 is 29.9 Å². The molecule has 2 aliphatic rings. The van der Waals surface area contributed by atoms with Crippen molar-refractivity contribution in [2.45, 2.75) is 19.9 Å². The number of likely N-dealkylation sites (tertiary alicyclic amines) is 1. The number of guanidine groups is 1. The minimum Gasteiger partial charge on any atom is -0.504 e. The lowest BCUT2D eigenvalue weighted by Crippen LogP contribution is -2.42. The summed E-state index contributed by atoms with van der Waals surface area (Å²) in [6, 6.07) is 5.44. The number of nitrogens with zero attached hydrogens (tertiary/aromatic N) is 3. The molecule has 7 nitrogen and oxygen atoms in total. The van der Waals surface area contributed by atoms with Crippen LogP contribution in [0.5, 0.6) is 11.5 Å². The van der Waals surface area contributed by atoms with Crippen LogP contribution in [-0.4, -0.2) is 80.5 Å². The molecule has 1 atom stereocenters. The van der Waals surface area contributed by atoms with E-state index in [0.717, 1.165) is 64.0 Å². The molecule has 28 heavy (non-hydrogen) atoms. The lowest BCUT2D eigenvalue weighted by atomic mass is 10.1. The van der Waals surface area contributed by atoms with E-state index in [-0.39, 0.29) is 29.7 Å². The number of phenols is 1. The normalized spacial score (nSPS) is 20.7. The van der Waals surface area contributed by atoms with E-state index in [0.29, 0.717) is 18.2 Å². The molecule has 1 aromatic carbocycles. The van der Waals surface area contributed by atoms with Crippen LogP contribution in [0.3, 0.4) is 0 Å². The monoisotopic (exact) mass is 504 g/mol. The molecule has 2 fully saturated rings. The van der Waals surface area contributed by atoms with Crippen LogP contribution in [0.4, 0.5) is 0 Å². The maximum atomic E-state index is 9.95. The number of rotatable bonds is 6. The van der Waals surface area contributed by atoms with Crippen LogP contribution < -0.4 is 10.1 Å². The molecular weight excluding hydrogens is 471 g/mol. The quantitative estimate of drug-likeness (QED) is 0.352. The summed E-state index contributed by atoms with van der Waals surface area (Å²) in [6.07, 6.45) is 1.20. The smallest absolute Gasteiger partial charge is 0.194 e. The molecule has 2 heterocycles. The van der Waals surface area contributed by atoms with E-state index >= 15 is 0 Å². The summed E-state index contributed by atoms with van der Waals surface area (Å²) in [7, 11) is 1.55. The highest BCUT2D eigenvalue weighted by Crippen LogP contribution is 2.26. The van der Waals surface area contributed by atoms with E-state index in [1.54, 1.807) is 19.2 Å². The average Bonchev–Trinajstić information content (AvgIpc) is 3.14. The van der Waals surface area contributed by atoms with Crippen molar-refractivity contribution in [3.05, 3.63) is 23.8 Å². The van der Waals surface area contributed by atoms with Crippen molar-refractivity contribution in [2.75, 3.05) is 59.6 Å². The van der Waals surface area contributed by atoms with Gasteiger partial charge in [-0.25, -0.2) is 4.99 Å². The van der Waals surface area contributed by atoms with Gasteiger partial charge in [0, 0.05) is 39.3 Å². The van der Waals surface area contributed by atoms with Gasteiger partial charge in [0.25, 0.3) is 0 Å². The summed E-state index contributed by atoms with van der Waals surface area (Å²) in [5.41, 5.74) is 0.966. The van der Waals surface area contributed by atoms with Crippen molar-refractivity contribution < 1.29 is 14.6 Å². The number of phenolic OH excluding ortho intramolecular Hbond substituents is 1. The molecular formula is C20H33IN4O3. The van der Waals surface area contributed by atoms with Crippen LogP contribution >= 0.6 is 24.0 Å². The van der Waals surface area contributed by atoms with Crippen molar-refractivity contribution in [3.63, 3.8) is 0 Å². The maximum Gasteiger partial charge on any atom is 0.194 e. The van der Waals surface area contributed by atoms with Gasteiger partial charge in [0.05, 0.1) is 26.9 Å². The number of halogens is 1. The zero-order valence-corrected chi connectivity index (χ0v) is 19.2. The molecule has 3 rings (SSSR count). The second-order valence-corrected chi connectivity index (χ2v) is 7.19. The highest BCUT2D eigenvalue weighted by atomic mass is 127. The molecule has 0 aromatic heterocycles. The first-order chi connectivity index (χ1) is 13.2. The van der Waals surface area contributed by atoms with Gasteiger partial charge in [-0.05, 0) is 37.0 Å². The van der Waals surface area contributed by atoms with Crippen LogP contribution in [0.2, 0.25) is 0 Å². The first-order valence-corrected chi connectivity index (χ1v) is 9.88. The molecule has 0 spiro atoms. The van der Waals surface area contributed by atoms with Gasteiger partial charge in [-0.3, -0.25) is 4.90 Å². The number of ether oxygens (including phenoxy) is 2. The molecule has 2 N–H and O–H groups in total. The van der Waals surface area contributed by atoms with Gasteiger partial charge < -0.3 is 24.8 Å². The number of morpholine rings is 1. The number of benzene rings is 1. The number of hydrogen-bond donors (Lipinski definition) is 2. The summed E-state index contributed by atoms with van der Waals surface area (Å²) in [5.74, 6) is 2.27. The summed E-state index contributed by atoms with van der Waals surface area (Å²) in [5, 5.41) is 13.4. The number of aliphatic imine (C=N–C) groups is 1. The van der Waals surface area contributed by atoms with Crippen molar-refractivity contribution in [3.8, 4) is 11.5 Å². The Morgan fingerprint density at radius 3 is 2.79 bits per heavy atom. The van der Waals surface area contributed by atoms with E-state index in [1.807, 2.05) is 6.07 Å². The Morgan fingerprint density at radius 1 is 1.32 bits per heavy atom. The Bertz CT molecular complexity index is 638. The fourth-order valence-corrected chi connectivity index (χ4v) is 3.75. The van der Waals surface area contributed by atoms with Crippen LogP contribution in [0, 0.1) is 5.92 Å². The molecule has 158 valence electrons. The van der Waals surface area contributed by atoms with Crippen molar-refractivity contribution in [1.82, 2.24) is 15.1 Å². The molecule has 1 aromatic rings. The zero-order chi connectivity index (χ0) is 19.1. The second kappa shape index (κ2) is 11.7. The van der Waals surface area contributed by atoms with Crippen LogP contribution in [0.25, 0.3) is 0 Å². The standard InChI is InChI=1S/C20H32N4O3.HI/c1-3-21-20(22-13-16-4-5-19(26-2)18(25)12-16)24-7-6-17(15-24)14-23-8-10-27-11-9-23;/h4-5,12,17,25H,3,6-11,13-15H2,1-2H3,(H,21,22);1H. The Balaban J connectivity index is 0.00000280. The van der Waals surface area contributed by atoms with Gasteiger partial charge >= 0.3 is 0 Å². The highest BCUT2D eigenvalue weighted by Gasteiger charge is 2.27. The van der Waals surface area contributed by atoms with E-state index in [2.05, 4.69) is 22.0 Å². The third-order valence-electron chi connectivity index (χ3n) is 5.20. The molecule has 0 aliphatic carbocycles. The fraction of sp³-hybridized carbons (Fsp3) is 0.650. The maximum absolute atomic E-state index is 9.95. The summed E-state index contributed by atoms with van der Waals surface area (Å²) in [6.45, 7) is 10.5. The Morgan fingerprint density at radius 2 is 2.11 bits per heavy atom. The Labute approximate surface area is 185 Å². The SMILES string of the molecule is CCNC(=NCc1ccc(OC)c(O)c1)N1CCC(CN2CCOCC2)C1.I. The first-order valence-electron chi connectivity index (χ1n) is 9.88. The highest BCUT2D eigenvalue weighted by molar-refractivity contribution is 14.0. The van der Waals surface area contributed by atoms with Gasteiger partial charge in [0.1, 0.15) is 0 Å². The molecule has 0 saturated carbocycles. The minimum atomic E-state index is 0.